The van der Waals surface area contributed by atoms with E-state index in [2.05, 4.69) is 18.5 Å². The van der Waals surface area contributed by atoms with Crippen molar-refractivity contribution < 1.29 is 0 Å². The van der Waals surface area contributed by atoms with Crippen LogP contribution in [-0.2, 0) is 0 Å². The van der Waals surface area contributed by atoms with Crippen molar-refractivity contribution in [2.24, 2.45) is 0 Å². The molecule has 0 aromatic carbocycles. The van der Waals surface area contributed by atoms with Gasteiger partial charge in [-0.1, -0.05) is 6.42 Å². The maximum Gasteiger partial charge on any atom is 0.0181 e. The van der Waals surface area contributed by atoms with Gasteiger partial charge in [0.15, 0.2) is 0 Å². The van der Waals surface area contributed by atoms with Crippen molar-refractivity contribution in [3.05, 3.63) is 13.2 Å². The van der Waals surface area contributed by atoms with Crippen LogP contribution in [0.4, 0.5) is 0 Å². The van der Waals surface area contributed by atoms with Crippen LogP contribution in [0.15, 0.2) is 13.2 Å². The molecule has 2 rings (SSSR count). The van der Waals surface area contributed by atoms with Crippen LogP contribution in [0.3, 0.4) is 0 Å². The van der Waals surface area contributed by atoms with E-state index in [1.165, 1.54) is 45.1 Å². The second-order valence-corrected chi connectivity index (χ2v) is 3.52. The highest BCUT2D eigenvalue weighted by atomic mass is 15.0. The predicted molar refractivity (Wildman–Crippen MR) is 49.7 cm³/mol. The molecule has 2 fully saturated rings. The second-order valence-electron chi connectivity index (χ2n) is 3.52. The number of rotatable bonds is 0. The van der Waals surface area contributed by atoms with Gasteiger partial charge in [-0.3, -0.25) is 0 Å². The molecule has 0 radical (unpaired) electrons. The fraction of sp³-hybridized carbons (Fsp3) is 0.800. The van der Waals surface area contributed by atoms with Gasteiger partial charge in [0.1, 0.15) is 0 Å². The van der Waals surface area contributed by atoms with Crippen molar-refractivity contribution in [1.29, 1.82) is 0 Å². The molecule has 1 aliphatic heterocycles. The highest BCUT2D eigenvalue weighted by Crippen LogP contribution is 2.37. The summed E-state index contributed by atoms with van der Waals surface area (Å²) in [6, 6.07) is 0. The average molecular weight is 153 g/mol. The summed E-state index contributed by atoms with van der Waals surface area (Å²) in [5.41, 5.74) is 0.651. The zero-order chi connectivity index (χ0) is 8.16. The Morgan fingerprint density at radius 2 is 1.55 bits per heavy atom. The van der Waals surface area contributed by atoms with Gasteiger partial charge >= 0.3 is 0 Å². The van der Waals surface area contributed by atoms with E-state index in [0.29, 0.717) is 5.54 Å². The lowest BCUT2D eigenvalue weighted by molar-refractivity contribution is 0.143. The molecule has 1 saturated heterocycles. The molecule has 0 unspecified atom stereocenters. The number of hydrogen-bond acceptors (Lipinski definition) is 1. The monoisotopic (exact) mass is 153 g/mol. The van der Waals surface area contributed by atoms with E-state index in [0.717, 1.165) is 0 Å². The van der Waals surface area contributed by atoms with Gasteiger partial charge < -0.3 is 5.32 Å². The quantitative estimate of drug-likeness (QED) is 0.527. The van der Waals surface area contributed by atoms with E-state index in [9.17, 15) is 0 Å². The van der Waals surface area contributed by atoms with Crippen molar-refractivity contribution in [2.75, 3.05) is 6.54 Å². The lowest BCUT2D eigenvalue weighted by Crippen LogP contribution is -2.53. The van der Waals surface area contributed by atoms with Crippen molar-refractivity contribution in [3.8, 4) is 0 Å². The molecule has 0 bridgehead atoms. The Bertz CT molecular complexity index is 108. The van der Waals surface area contributed by atoms with Gasteiger partial charge in [0.2, 0.25) is 0 Å². The molecule has 1 heterocycles. The molecule has 1 spiro atoms. The molecule has 1 saturated carbocycles. The molecule has 0 aromatic rings. The van der Waals surface area contributed by atoms with Crippen LogP contribution in [0.5, 0.6) is 0 Å². The number of piperidine rings is 1. The zero-order valence-electron chi connectivity index (χ0n) is 7.36. The minimum absolute atomic E-state index is 0.651. The topological polar surface area (TPSA) is 12.0 Å². The van der Waals surface area contributed by atoms with Gasteiger partial charge in [0.05, 0.1) is 0 Å². The van der Waals surface area contributed by atoms with Gasteiger partial charge in [0, 0.05) is 5.54 Å². The number of nitrogens with one attached hydrogen (secondary N) is 1. The highest BCUT2D eigenvalue weighted by molar-refractivity contribution is 4.97. The molecule has 0 aromatic heterocycles. The van der Waals surface area contributed by atoms with Crippen molar-refractivity contribution in [1.82, 2.24) is 5.32 Å². The standard InChI is InChI=1S/C8H15N.C2H4/c1-2-7-9-8(4-1)5-3-6-8;1-2/h9H,1-7H2;1-2H2. The van der Waals surface area contributed by atoms with E-state index in [4.69, 9.17) is 0 Å². The normalized spacial score (nSPS) is 26.5. The Hall–Kier alpha value is -0.300. The Labute approximate surface area is 69.9 Å². The van der Waals surface area contributed by atoms with Crippen LogP contribution in [0.2, 0.25) is 0 Å². The largest absolute Gasteiger partial charge is 0.311 e. The van der Waals surface area contributed by atoms with E-state index in [-0.39, 0.29) is 0 Å². The third-order valence-electron chi connectivity index (χ3n) is 2.89. The molecule has 1 heteroatoms. The van der Waals surface area contributed by atoms with Crippen molar-refractivity contribution in [3.63, 3.8) is 0 Å². The van der Waals surface area contributed by atoms with Crippen LogP contribution < -0.4 is 5.32 Å². The molecule has 0 amide bonds. The van der Waals surface area contributed by atoms with E-state index in [1.54, 1.807) is 0 Å². The van der Waals surface area contributed by atoms with Crippen molar-refractivity contribution in [2.45, 2.75) is 44.1 Å². The lowest BCUT2D eigenvalue weighted by atomic mass is 9.72. The van der Waals surface area contributed by atoms with Crippen LogP contribution >= 0.6 is 0 Å². The molecule has 0 atom stereocenters. The predicted octanol–water partition coefficient (Wildman–Crippen LogP) is 2.48. The third kappa shape index (κ3) is 1.84. The van der Waals surface area contributed by atoms with Gasteiger partial charge in [-0.25, -0.2) is 0 Å². The smallest absolute Gasteiger partial charge is 0.0181 e. The Morgan fingerprint density at radius 3 is 1.82 bits per heavy atom. The maximum absolute atomic E-state index is 3.63. The molecule has 1 aliphatic carbocycles. The van der Waals surface area contributed by atoms with Gasteiger partial charge in [0.25, 0.3) is 0 Å². The summed E-state index contributed by atoms with van der Waals surface area (Å²) < 4.78 is 0. The fourth-order valence-electron chi connectivity index (χ4n) is 2.06. The lowest BCUT2D eigenvalue weighted by Gasteiger charge is -2.45. The van der Waals surface area contributed by atoms with Crippen LogP contribution in [0.25, 0.3) is 0 Å². The van der Waals surface area contributed by atoms with Crippen LogP contribution in [-0.4, -0.2) is 12.1 Å². The summed E-state index contributed by atoms with van der Waals surface area (Å²) >= 11 is 0. The number of hydrogen-bond donors (Lipinski definition) is 1. The molecular formula is C10H19N. The molecule has 1 N–H and O–H groups in total. The Kier molecular flexibility index (Phi) is 3.13. The molecule has 11 heavy (non-hydrogen) atoms. The summed E-state index contributed by atoms with van der Waals surface area (Å²) in [6.45, 7) is 7.28. The fourth-order valence-corrected chi connectivity index (χ4v) is 2.06. The van der Waals surface area contributed by atoms with Crippen LogP contribution in [0, 0.1) is 0 Å². The highest BCUT2D eigenvalue weighted by Gasteiger charge is 2.36. The first kappa shape index (κ1) is 8.79. The molecule has 64 valence electrons. The summed E-state index contributed by atoms with van der Waals surface area (Å²) in [5, 5.41) is 3.63. The minimum Gasteiger partial charge on any atom is -0.311 e. The zero-order valence-corrected chi connectivity index (χ0v) is 7.36. The third-order valence-corrected chi connectivity index (χ3v) is 2.89. The van der Waals surface area contributed by atoms with Crippen LogP contribution in [0.1, 0.15) is 38.5 Å². The Morgan fingerprint density at radius 1 is 0.909 bits per heavy atom. The maximum atomic E-state index is 3.63. The molecule has 1 nitrogen and oxygen atoms in total. The summed E-state index contributed by atoms with van der Waals surface area (Å²) in [6.07, 6.45) is 8.69. The summed E-state index contributed by atoms with van der Waals surface area (Å²) in [5.74, 6) is 0. The summed E-state index contributed by atoms with van der Waals surface area (Å²) in [4.78, 5) is 0. The first-order valence-electron chi connectivity index (χ1n) is 4.66. The van der Waals surface area contributed by atoms with Gasteiger partial charge in [-0.05, 0) is 38.6 Å². The summed E-state index contributed by atoms with van der Waals surface area (Å²) in [7, 11) is 0. The SMILES string of the molecule is C1CCC2(CCC2)NC1.C=C. The molecular weight excluding hydrogens is 134 g/mol. The second kappa shape index (κ2) is 3.91. The average Bonchev–Trinajstić information content (AvgIpc) is 2.07. The van der Waals surface area contributed by atoms with E-state index < -0.39 is 0 Å². The van der Waals surface area contributed by atoms with Gasteiger partial charge in [-0.2, -0.15) is 0 Å². The van der Waals surface area contributed by atoms with Crippen molar-refractivity contribution >= 4 is 0 Å². The van der Waals surface area contributed by atoms with E-state index in [1.807, 2.05) is 0 Å². The van der Waals surface area contributed by atoms with Gasteiger partial charge in [-0.15, -0.1) is 13.2 Å². The minimum atomic E-state index is 0.651. The molecule has 2 aliphatic rings. The Balaban J connectivity index is 0.000000281. The first-order valence-corrected chi connectivity index (χ1v) is 4.66. The van der Waals surface area contributed by atoms with E-state index >= 15 is 0 Å². The first-order chi connectivity index (χ1) is 5.41.